The molecule has 0 radical (unpaired) electrons. The summed E-state index contributed by atoms with van der Waals surface area (Å²) in [6.07, 6.45) is 10.7. The van der Waals surface area contributed by atoms with Gasteiger partial charge in [0, 0.05) is 25.6 Å². The van der Waals surface area contributed by atoms with Gasteiger partial charge in [0.1, 0.15) is 0 Å². The fraction of sp³-hybridized carbons (Fsp3) is 0.867. The van der Waals surface area contributed by atoms with Crippen molar-refractivity contribution in [3.8, 4) is 0 Å². The molecule has 0 saturated heterocycles. The molecule has 2 aliphatic rings. The zero-order valence-corrected chi connectivity index (χ0v) is 11.4. The van der Waals surface area contributed by atoms with Gasteiger partial charge in [-0.05, 0) is 38.0 Å². The normalized spacial score (nSPS) is 32.4. The van der Waals surface area contributed by atoms with E-state index in [0.717, 1.165) is 19.1 Å². The van der Waals surface area contributed by atoms with E-state index in [1.165, 1.54) is 45.1 Å². The van der Waals surface area contributed by atoms with Crippen molar-refractivity contribution in [2.75, 3.05) is 26.8 Å². The minimum atomic E-state index is 0.531. The van der Waals surface area contributed by atoms with Crippen LogP contribution in [0.15, 0.2) is 11.6 Å². The lowest BCUT2D eigenvalue weighted by atomic mass is 9.84. The second-order valence-electron chi connectivity index (χ2n) is 5.61. The number of methoxy groups -OCH3 is 1. The predicted octanol–water partition coefficient (Wildman–Crippen LogP) is 3.14. The van der Waals surface area contributed by atoms with E-state index in [2.05, 4.69) is 18.3 Å². The van der Waals surface area contributed by atoms with Gasteiger partial charge in [0.05, 0.1) is 6.61 Å². The largest absolute Gasteiger partial charge is 0.383 e. The smallest absolute Gasteiger partial charge is 0.0587 e. The van der Waals surface area contributed by atoms with E-state index in [-0.39, 0.29) is 0 Å². The summed E-state index contributed by atoms with van der Waals surface area (Å²) >= 11 is 0. The molecular formula is C15H27NO. The summed E-state index contributed by atoms with van der Waals surface area (Å²) in [5, 5.41) is 3.58. The monoisotopic (exact) mass is 237 g/mol. The quantitative estimate of drug-likeness (QED) is 0.542. The first-order valence-corrected chi connectivity index (χ1v) is 7.22. The van der Waals surface area contributed by atoms with E-state index >= 15 is 0 Å². The lowest BCUT2D eigenvalue weighted by Crippen LogP contribution is -2.30. The molecule has 0 aromatic rings. The Hall–Kier alpha value is -0.340. The highest BCUT2D eigenvalue weighted by molar-refractivity contribution is 5.27. The average molecular weight is 237 g/mol. The van der Waals surface area contributed by atoms with Crippen LogP contribution in [-0.4, -0.2) is 26.8 Å². The highest BCUT2D eigenvalue weighted by atomic mass is 16.5. The van der Waals surface area contributed by atoms with Crippen molar-refractivity contribution in [3.05, 3.63) is 11.6 Å². The molecule has 0 heterocycles. The van der Waals surface area contributed by atoms with Crippen LogP contribution in [0.2, 0.25) is 0 Å². The van der Waals surface area contributed by atoms with E-state index in [0.29, 0.717) is 5.41 Å². The lowest BCUT2D eigenvalue weighted by Gasteiger charge is -2.25. The van der Waals surface area contributed by atoms with Gasteiger partial charge >= 0.3 is 0 Å². The third kappa shape index (κ3) is 2.92. The Kier molecular flexibility index (Phi) is 4.63. The number of allylic oxidation sites excluding steroid dienone is 1. The first-order chi connectivity index (χ1) is 8.33. The van der Waals surface area contributed by atoms with Crippen LogP contribution in [0.1, 0.15) is 45.4 Å². The van der Waals surface area contributed by atoms with Crippen LogP contribution in [0.3, 0.4) is 0 Å². The zero-order chi connectivity index (χ0) is 12.1. The Labute approximate surface area is 106 Å². The molecule has 0 bridgehead atoms. The van der Waals surface area contributed by atoms with E-state index < -0.39 is 0 Å². The molecule has 0 aromatic carbocycles. The van der Waals surface area contributed by atoms with Crippen molar-refractivity contribution in [1.29, 1.82) is 0 Å². The van der Waals surface area contributed by atoms with Crippen LogP contribution in [-0.2, 0) is 4.74 Å². The van der Waals surface area contributed by atoms with Crippen LogP contribution in [0.25, 0.3) is 0 Å². The van der Waals surface area contributed by atoms with Crippen LogP contribution in [0.4, 0.5) is 0 Å². The van der Waals surface area contributed by atoms with E-state index in [9.17, 15) is 0 Å². The zero-order valence-electron chi connectivity index (χ0n) is 11.4. The van der Waals surface area contributed by atoms with Crippen molar-refractivity contribution in [1.82, 2.24) is 5.32 Å². The standard InChI is InChI=1S/C15H27NO/c1-3-13-11-15(13,12-16-9-10-17-2)14-7-5-4-6-8-14/h7,13,16H,3-6,8-12H2,1-2H3. The third-order valence-corrected chi connectivity index (χ3v) is 4.58. The molecular weight excluding hydrogens is 210 g/mol. The van der Waals surface area contributed by atoms with E-state index in [1.807, 2.05) is 0 Å². The van der Waals surface area contributed by atoms with Gasteiger partial charge in [0.2, 0.25) is 0 Å². The van der Waals surface area contributed by atoms with Gasteiger partial charge in [0.25, 0.3) is 0 Å². The molecule has 2 nitrogen and oxygen atoms in total. The Bertz CT molecular complexity index is 274. The summed E-state index contributed by atoms with van der Waals surface area (Å²) in [5.74, 6) is 0.932. The molecule has 1 N–H and O–H groups in total. The summed E-state index contributed by atoms with van der Waals surface area (Å²) in [5.41, 5.74) is 2.30. The highest BCUT2D eigenvalue weighted by Crippen LogP contribution is 2.60. The third-order valence-electron chi connectivity index (χ3n) is 4.58. The van der Waals surface area contributed by atoms with Crippen molar-refractivity contribution in [2.45, 2.75) is 45.4 Å². The summed E-state index contributed by atoms with van der Waals surface area (Å²) in [7, 11) is 1.77. The molecule has 98 valence electrons. The van der Waals surface area contributed by atoms with Crippen LogP contribution < -0.4 is 5.32 Å². The summed E-state index contributed by atoms with van der Waals surface area (Å²) < 4.78 is 5.10. The first-order valence-electron chi connectivity index (χ1n) is 7.22. The Morgan fingerprint density at radius 3 is 2.94 bits per heavy atom. The highest BCUT2D eigenvalue weighted by Gasteiger charge is 2.54. The molecule has 2 rings (SSSR count). The molecule has 17 heavy (non-hydrogen) atoms. The number of rotatable bonds is 7. The molecule has 0 aliphatic heterocycles. The van der Waals surface area contributed by atoms with Crippen molar-refractivity contribution in [2.24, 2.45) is 11.3 Å². The van der Waals surface area contributed by atoms with E-state index in [4.69, 9.17) is 4.74 Å². The fourth-order valence-corrected chi connectivity index (χ4v) is 3.42. The molecule has 0 spiro atoms. The van der Waals surface area contributed by atoms with Crippen molar-refractivity contribution in [3.63, 3.8) is 0 Å². The maximum absolute atomic E-state index is 5.10. The average Bonchev–Trinajstić information content (AvgIpc) is 3.11. The van der Waals surface area contributed by atoms with Gasteiger partial charge in [0.15, 0.2) is 0 Å². The number of ether oxygens (including phenoxy) is 1. The Morgan fingerprint density at radius 2 is 2.35 bits per heavy atom. The predicted molar refractivity (Wildman–Crippen MR) is 72.1 cm³/mol. The maximum Gasteiger partial charge on any atom is 0.0587 e. The minimum absolute atomic E-state index is 0.531. The minimum Gasteiger partial charge on any atom is -0.383 e. The number of hydrogen-bond donors (Lipinski definition) is 1. The molecule has 2 unspecified atom stereocenters. The van der Waals surface area contributed by atoms with Crippen molar-refractivity contribution < 1.29 is 4.74 Å². The Morgan fingerprint density at radius 1 is 1.47 bits per heavy atom. The van der Waals surface area contributed by atoms with Gasteiger partial charge in [-0.25, -0.2) is 0 Å². The molecule has 1 saturated carbocycles. The topological polar surface area (TPSA) is 21.3 Å². The summed E-state index contributed by atoms with van der Waals surface area (Å²) in [4.78, 5) is 0. The van der Waals surface area contributed by atoms with E-state index in [1.54, 1.807) is 12.7 Å². The summed E-state index contributed by atoms with van der Waals surface area (Å²) in [6, 6.07) is 0. The number of hydrogen-bond acceptors (Lipinski definition) is 2. The Balaban J connectivity index is 1.89. The number of nitrogens with one attached hydrogen (secondary N) is 1. The molecule has 2 aliphatic carbocycles. The molecule has 2 heteroatoms. The van der Waals surface area contributed by atoms with Gasteiger partial charge in [-0.15, -0.1) is 0 Å². The second kappa shape index (κ2) is 6.01. The van der Waals surface area contributed by atoms with Gasteiger partial charge in [-0.3, -0.25) is 0 Å². The second-order valence-corrected chi connectivity index (χ2v) is 5.61. The maximum atomic E-state index is 5.10. The van der Waals surface area contributed by atoms with Gasteiger partial charge < -0.3 is 10.1 Å². The van der Waals surface area contributed by atoms with Gasteiger partial charge in [-0.2, -0.15) is 0 Å². The van der Waals surface area contributed by atoms with Crippen LogP contribution >= 0.6 is 0 Å². The molecule has 1 fully saturated rings. The first kappa shape index (κ1) is 13.1. The van der Waals surface area contributed by atoms with Crippen molar-refractivity contribution >= 4 is 0 Å². The molecule has 0 aromatic heterocycles. The molecule has 2 atom stereocenters. The van der Waals surface area contributed by atoms with Crippen LogP contribution in [0.5, 0.6) is 0 Å². The van der Waals surface area contributed by atoms with Gasteiger partial charge in [-0.1, -0.05) is 25.0 Å². The van der Waals surface area contributed by atoms with Crippen LogP contribution in [0, 0.1) is 11.3 Å². The SMILES string of the molecule is CCC1CC1(CNCCOC)C1=CCCCC1. The lowest BCUT2D eigenvalue weighted by molar-refractivity contribution is 0.197. The summed E-state index contributed by atoms with van der Waals surface area (Å²) in [6.45, 7) is 5.32. The fourth-order valence-electron chi connectivity index (χ4n) is 3.42. The molecule has 0 amide bonds.